The van der Waals surface area contributed by atoms with Crippen molar-refractivity contribution in [2.45, 2.75) is 38.4 Å². The van der Waals surface area contributed by atoms with Gasteiger partial charge in [-0.15, -0.1) is 0 Å². The van der Waals surface area contributed by atoms with Crippen molar-refractivity contribution in [3.63, 3.8) is 0 Å². The maximum atomic E-state index is 13.8. The minimum Gasteiger partial charge on any atom is -0.331 e. The second-order valence-corrected chi connectivity index (χ2v) is 7.12. The molecule has 1 fully saturated rings. The van der Waals surface area contributed by atoms with E-state index in [0.717, 1.165) is 17.6 Å². The molecule has 3 nitrogen and oxygen atoms in total. The molecule has 1 atom stereocenters. The number of nitrogens with zero attached hydrogens (tertiary/aromatic N) is 2. The summed E-state index contributed by atoms with van der Waals surface area (Å²) >= 11 is 7.39. The molecule has 0 radical (unpaired) electrons. The molecule has 0 spiro atoms. The highest BCUT2D eigenvalue weighted by Crippen LogP contribution is 2.28. The van der Waals surface area contributed by atoms with Gasteiger partial charge in [0.1, 0.15) is 5.82 Å². The molecule has 1 aliphatic carbocycles. The van der Waals surface area contributed by atoms with E-state index in [4.69, 9.17) is 12.2 Å². The topological polar surface area (TPSA) is 24.0 Å². The first-order valence-electron chi connectivity index (χ1n) is 6.77. The van der Waals surface area contributed by atoms with Crippen molar-refractivity contribution in [3.8, 4) is 0 Å². The smallest absolute Gasteiger partial charge is 0.178 e. The van der Waals surface area contributed by atoms with E-state index in [-0.39, 0.29) is 5.82 Å². The van der Waals surface area contributed by atoms with Gasteiger partial charge in [-0.2, -0.15) is 0 Å². The van der Waals surface area contributed by atoms with E-state index in [1.807, 2.05) is 33.2 Å². The first-order chi connectivity index (χ1) is 9.47. The molecule has 1 saturated carbocycles. The fourth-order valence-corrected chi connectivity index (χ4v) is 3.32. The molecule has 1 unspecified atom stereocenters. The first kappa shape index (κ1) is 14.5. The summed E-state index contributed by atoms with van der Waals surface area (Å²) in [4.78, 5) is 5.56. The largest absolute Gasteiger partial charge is 0.331 e. The lowest BCUT2D eigenvalue weighted by molar-refractivity contribution is 0.226. The molecule has 0 saturated heterocycles. The molecule has 0 amide bonds. The van der Waals surface area contributed by atoms with Crippen molar-refractivity contribution < 1.29 is 4.39 Å². The summed E-state index contributed by atoms with van der Waals surface area (Å²) in [6.07, 6.45) is 2.57. The molecule has 1 aliphatic rings. The third kappa shape index (κ3) is 2.65. The van der Waals surface area contributed by atoms with E-state index >= 15 is 0 Å². The highest BCUT2D eigenvalue weighted by molar-refractivity contribution is 14.1. The number of benzene rings is 1. The molecule has 1 heterocycles. The van der Waals surface area contributed by atoms with Gasteiger partial charge in [0.25, 0.3) is 0 Å². The Balaban J connectivity index is 1.96. The molecule has 3 rings (SSSR count). The van der Waals surface area contributed by atoms with Gasteiger partial charge in [0, 0.05) is 24.7 Å². The van der Waals surface area contributed by atoms with Gasteiger partial charge >= 0.3 is 0 Å². The van der Waals surface area contributed by atoms with Crippen molar-refractivity contribution >= 4 is 45.8 Å². The standard InChI is InChI=1S/C14H17FIN3S/c1-8(18(2)9-3-4-9)7-19-13-5-10(15)11(16)6-12(13)17-14(19)20/h5-6,8-9H,3-4,7H2,1-2H3,(H,17,20). The fourth-order valence-electron chi connectivity index (χ4n) is 2.57. The predicted octanol–water partition coefficient (Wildman–Crippen LogP) is 3.93. The van der Waals surface area contributed by atoms with Crippen LogP contribution >= 0.6 is 34.8 Å². The summed E-state index contributed by atoms with van der Waals surface area (Å²) in [5.74, 6) is -0.191. The third-order valence-corrected chi connectivity index (χ3v) is 5.23. The molecule has 0 bridgehead atoms. The average Bonchev–Trinajstić information content (AvgIpc) is 3.19. The number of hydrogen-bond donors (Lipinski definition) is 1. The zero-order valence-electron chi connectivity index (χ0n) is 11.5. The predicted molar refractivity (Wildman–Crippen MR) is 90.0 cm³/mol. The minimum atomic E-state index is -0.191. The normalized spacial score (nSPS) is 17.1. The molecule has 108 valence electrons. The summed E-state index contributed by atoms with van der Waals surface area (Å²) in [6, 6.07) is 4.48. The van der Waals surface area contributed by atoms with Crippen LogP contribution in [0.3, 0.4) is 0 Å². The number of aromatic amines is 1. The number of H-pyrrole nitrogens is 1. The van der Waals surface area contributed by atoms with Crippen molar-refractivity contribution in [1.29, 1.82) is 0 Å². The van der Waals surface area contributed by atoms with Crippen molar-refractivity contribution in [3.05, 3.63) is 26.3 Å². The molecular formula is C14H17FIN3S. The van der Waals surface area contributed by atoms with Gasteiger partial charge in [-0.3, -0.25) is 4.90 Å². The lowest BCUT2D eigenvalue weighted by atomic mass is 10.2. The van der Waals surface area contributed by atoms with Crippen molar-refractivity contribution in [1.82, 2.24) is 14.5 Å². The molecule has 2 aromatic rings. The van der Waals surface area contributed by atoms with E-state index < -0.39 is 0 Å². The molecule has 1 aromatic heterocycles. The summed E-state index contributed by atoms with van der Waals surface area (Å²) in [6.45, 7) is 2.98. The maximum absolute atomic E-state index is 13.8. The number of aromatic nitrogens is 2. The molecule has 1 N–H and O–H groups in total. The Kier molecular flexibility index (Phi) is 3.89. The quantitative estimate of drug-likeness (QED) is 0.616. The van der Waals surface area contributed by atoms with Crippen LogP contribution in [-0.4, -0.2) is 33.6 Å². The van der Waals surface area contributed by atoms with Crippen LogP contribution < -0.4 is 0 Å². The Morgan fingerprint density at radius 1 is 1.55 bits per heavy atom. The average molecular weight is 405 g/mol. The SMILES string of the molecule is CC(Cn1c(=S)[nH]c2cc(I)c(F)cc21)N(C)C1CC1. The molecular weight excluding hydrogens is 388 g/mol. The van der Waals surface area contributed by atoms with Gasteiger partial charge in [0.2, 0.25) is 0 Å². The van der Waals surface area contributed by atoms with Gasteiger partial charge in [0.05, 0.1) is 14.6 Å². The van der Waals surface area contributed by atoms with Crippen molar-refractivity contribution in [2.24, 2.45) is 0 Å². The van der Waals surface area contributed by atoms with Gasteiger partial charge in [-0.25, -0.2) is 4.39 Å². The molecule has 20 heavy (non-hydrogen) atoms. The zero-order chi connectivity index (χ0) is 14.4. The third-order valence-electron chi connectivity index (χ3n) is 4.08. The van der Waals surface area contributed by atoms with Crippen LogP contribution in [0.15, 0.2) is 12.1 Å². The Bertz CT molecular complexity index is 704. The monoisotopic (exact) mass is 405 g/mol. The van der Waals surface area contributed by atoms with Gasteiger partial charge in [-0.05, 0) is 67.7 Å². The first-order valence-corrected chi connectivity index (χ1v) is 8.25. The zero-order valence-corrected chi connectivity index (χ0v) is 14.5. The van der Waals surface area contributed by atoms with Gasteiger partial charge in [0.15, 0.2) is 4.77 Å². The van der Waals surface area contributed by atoms with Crippen LogP contribution in [0.1, 0.15) is 19.8 Å². The van der Waals surface area contributed by atoms with Crippen LogP contribution in [0.5, 0.6) is 0 Å². The van der Waals surface area contributed by atoms with E-state index in [0.29, 0.717) is 20.4 Å². The van der Waals surface area contributed by atoms with Crippen LogP contribution in [0, 0.1) is 14.2 Å². The second kappa shape index (κ2) is 5.38. The number of likely N-dealkylation sites (N-methyl/N-ethyl adjacent to an activating group) is 1. The highest BCUT2D eigenvalue weighted by atomic mass is 127. The Hall–Kier alpha value is -0.470. The van der Waals surface area contributed by atoms with E-state index in [1.165, 1.54) is 12.8 Å². The van der Waals surface area contributed by atoms with Crippen LogP contribution in [0.2, 0.25) is 0 Å². The van der Waals surface area contributed by atoms with E-state index in [9.17, 15) is 4.39 Å². The number of nitrogens with one attached hydrogen (secondary N) is 1. The van der Waals surface area contributed by atoms with Crippen LogP contribution in [0.4, 0.5) is 4.39 Å². The lowest BCUT2D eigenvalue weighted by Crippen LogP contribution is -2.34. The lowest BCUT2D eigenvalue weighted by Gasteiger charge is -2.25. The summed E-state index contributed by atoms with van der Waals surface area (Å²) in [5, 5.41) is 0. The van der Waals surface area contributed by atoms with Crippen LogP contribution in [0.25, 0.3) is 11.0 Å². The second-order valence-electron chi connectivity index (χ2n) is 5.57. The number of fused-ring (bicyclic) bond motifs is 1. The highest BCUT2D eigenvalue weighted by Gasteiger charge is 2.29. The number of rotatable bonds is 4. The maximum Gasteiger partial charge on any atom is 0.178 e. The van der Waals surface area contributed by atoms with Crippen molar-refractivity contribution in [2.75, 3.05) is 7.05 Å². The summed E-state index contributed by atoms with van der Waals surface area (Å²) in [5.41, 5.74) is 1.76. The van der Waals surface area contributed by atoms with E-state index in [2.05, 4.69) is 23.9 Å². The number of halogens is 2. The summed E-state index contributed by atoms with van der Waals surface area (Å²) in [7, 11) is 2.16. The Morgan fingerprint density at radius 3 is 2.90 bits per heavy atom. The molecule has 0 aliphatic heterocycles. The minimum absolute atomic E-state index is 0.191. The Morgan fingerprint density at radius 2 is 2.25 bits per heavy atom. The van der Waals surface area contributed by atoms with E-state index in [1.54, 1.807) is 6.07 Å². The van der Waals surface area contributed by atoms with Gasteiger partial charge < -0.3 is 9.55 Å². The molecule has 6 heteroatoms. The summed E-state index contributed by atoms with van der Waals surface area (Å²) < 4.78 is 17.1. The molecule has 1 aromatic carbocycles. The number of imidazole rings is 1. The van der Waals surface area contributed by atoms with Gasteiger partial charge in [-0.1, -0.05) is 0 Å². The fraction of sp³-hybridized carbons (Fsp3) is 0.500. The Labute approximate surface area is 136 Å². The van der Waals surface area contributed by atoms with Crippen LogP contribution in [-0.2, 0) is 6.54 Å². The number of hydrogen-bond acceptors (Lipinski definition) is 2.